The molecule has 1 aliphatic rings. The second-order valence-corrected chi connectivity index (χ2v) is 5.15. The molecular formula is C14H28ClN3O3. The van der Waals surface area contributed by atoms with Crippen molar-refractivity contribution < 1.29 is 14.3 Å². The lowest BCUT2D eigenvalue weighted by Gasteiger charge is -2.34. The highest BCUT2D eigenvalue weighted by Crippen LogP contribution is 2.08. The summed E-state index contributed by atoms with van der Waals surface area (Å²) < 4.78 is 4.84. The zero-order valence-corrected chi connectivity index (χ0v) is 13.7. The van der Waals surface area contributed by atoms with Crippen LogP contribution in [0.25, 0.3) is 0 Å². The standard InChI is InChI=1S/C14H27N3O3.ClH/c1-20-12-14(19)17-10-8-16(9-11-17)13(18)6-4-2-3-5-7-15;/h2-12,15H2,1H3;1H. The normalized spacial score (nSPS) is 14.8. The van der Waals surface area contributed by atoms with E-state index in [9.17, 15) is 9.59 Å². The first-order chi connectivity index (χ1) is 9.69. The zero-order chi connectivity index (χ0) is 14.8. The van der Waals surface area contributed by atoms with Gasteiger partial charge in [0.15, 0.2) is 0 Å². The molecule has 1 aliphatic heterocycles. The molecule has 1 rings (SSSR count). The molecule has 0 bridgehead atoms. The van der Waals surface area contributed by atoms with Gasteiger partial charge in [-0.05, 0) is 19.4 Å². The van der Waals surface area contributed by atoms with Crippen molar-refractivity contribution in [3.63, 3.8) is 0 Å². The molecule has 0 aliphatic carbocycles. The summed E-state index contributed by atoms with van der Waals surface area (Å²) >= 11 is 0. The first kappa shape index (κ1) is 20.1. The summed E-state index contributed by atoms with van der Waals surface area (Å²) in [6, 6.07) is 0. The number of unbranched alkanes of at least 4 members (excludes halogenated alkanes) is 3. The maximum absolute atomic E-state index is 12.0. The second kappa shape index (κ2) is 11.8. The smallest absolute Gasteiger partial charge is 0.248 e. The number of carbonyl (C=O) groups is 2. The third kappa shape index (κ3) is 7.64. The molecule has 1 saturated heterocycles. The number of methoxy groups -OCH3 is 1. The molecule has 0 radical (unpaired) electrons. The van der Waals surface area contributed by atoms with Crippen LogP contribution in [0.2, 0.25) is 0 Å². The molecule has 0 aromatic heterocycles. The molecule has 0 unspecified atom stereocenters. The minimum absolute atomic E-state index is 0. The van der Waals surface area contributed by atoms with Crippen molar-refractivity contribution in [2.24, 2.45) is 5.73 Å². The van der Waals surface area contributed by atoms with Gasteiger partial charge in [0.1, 0.15) is 6.61 Å². The van der Waals surface area contributed by atoms with Gasteiger partial charge in [-0.1, -0.05) is 12.8 Å². The summed E-state index contributed by atoms with van der Waals surface area (Å²) in [5.74, 6) is 0.206. The number of nitrogens with zero attached hydrogens (tertiary/aromatic N) is 2. The van der Waals surface area contributed by atoms with E-state index >= 15 is 0 Å². The van der Waals surface area contributed by atoms with Crippen LogP contribution < -0.4 is 5.73 Å². The third-order valence-electron chi connectivity index (χ3n) is 3.60. The summed E-state index contributed by atoms with van der Waals surface area (Å²) in [7, 11) is 1.52. The molecule has 0 spiro atoms. The molecule has 1 fully saturated rings. The number of hydrogen-bond donors (Lipinski definition) is 1. The molecule has 2 amide bonds. The van der Waals surface area contributed by atoms with Gasteiger partial charge in [-0.15, -0.1) is 12.4 Å². The number of carbonyl (C=O) groups excluding carboxylic acids is 2. The molecule has 1 heterocycles. The van der Waals surface area contributed by atoms with E-state index in [0.717, 1.165) is 32.2 Å². The Balaban J connectivity index is 0.00000400. The molecule has 0 aromatic rings. The maximum atomic E-state index is 12.0. The molecule has 7 heteroatoms. The van der Waals surface area contributed by atoms with Crippen molar-refractivity contribution in [2.45, 2.75) is 32.1 Å². The minimum Gasteiger partial charge on any atom is -0.375 e. The Morgan fingerprint density at radius 2 is 1.48 bits per heavy atom. The maximum Gasteiger partial charge on any atom is 0.248 e. The van der Waals surface area contributed by atoms with E-state index in [2.05, 4.69) is 0 Å². The van der Waals surface area contributed by atoms with E-state index in [-0.39, 0.29) is 30.8 Å². The average molecular weight is 322 g/mol. The monoisotopic (exact) mass is 321 g/mol. The molecule has 21 heavy (non-hydrogen) atoms. The number of ether oxygens (including phenoxy) is 1. The largest absolute Gasteiger partial charge is 0.375 e. The Kier molecular flexibility index (Phi) is 11.3. The molecule has 0 atom stereocenters. The van der Waals surface area contributed by atoms with Crippen LogP contribution in [0, 0.1) is 0 Å². The molecule has 2 N–H and O–H groups in total. The van der Waals surface area contributed by atoms with Gasteiger partial charge in [0, 0.05) is 39.7 Å². The first-order valence-electron chi connectivity index (χ1n) is 7.43. The number of nitrogens with two attached hydrogens (primary N) is 1. The van der Waals surface area contributed by atoms with Gasteiger partial charge in [-0.25, -0.2) is 0 Å². The lowest BCUT2D eigenvalue weighted by Crippen LogP contribution is -2.51. The van der Waals surface area contributed by atoms with Gasteiger partial charge < -0.3 is 20.3 Å². The van der Waals surface area contributed by atoms with Gasteiger partial charge in [0.05, 0.1) is 0 Å². The lowest BCUT2D eigenvalue weighted by atomic mass is 10.1. The number of rotatable bonds is 8. The number of hydrogen-bond acceptors (Lipinski definition) is 4. The van der Waals surface area contributed by atoms with E-state index in [0.29, 0.717) is 32.6 Å². The quantitative estimate of drug-likeness (QED) is 0.665. The minimum atomic E-state index is 0. The second-order valence-electron chi connectivity index (χ2n) is 5.15. The van der Waals surface area contributed by atoms with E-state index in [1.54, 1.807) is 4.90 Å². The predicted octanol–water partition coefficient (Wildman–Crippen LogP) is 0.635. The number of piperazine rings is 1. The number of amides is 2. The van der Waals surface area contributed by atoms with Crippen LogP contribution >= 0.6 is 12.4 Å². The van der Waals surface area contributed by atoms with Gasteiger partial charge in [0.2, 0.25) is 11.8 Å². The summed E-state index contributed by atoms with van der Waals surface area (Å²) in [6.45, 7) is 3.34. The fraction of sp³-hybridized carbons (Fsp3) is 0.857. The Morgan fingerprint density at radius 1 is 0.952 bits per heavy atom. The van der Waals surface area contributed by atoms with Crippen molar-refractivity contribution in [1.29, 1.82) is 0 Å². The molecular weight excluding hydrogens is 294 g/mol. The van der Waals surface area contributed by atoms with E-state index in [1.807, 2.05) is 4.90 Å². The summed E-state index contributed by atoms with van der Waals surface area (Å²) in [4.78, 5) is 27.3. The fourth-order valence-electron chi connectivity index (χ4n) is 2.35. The fourth-order valence-corrected chi connectivity index (χ4v) is 2.35. The van der Waals surface area contributed by atoms with Crippen LogP contribution in [-0.2, 0) is 14.3 Å². The molecule has 0 saturated carbocycles. The van der Waals surface area contributed by atoms with Gasteiger partial charge >= 0.3 is 0 Å². The Bertz CT molecular complexity index is 308. The predicted molar refractivity (Wildman–Crippen MR) is 84.4 cm³/mol. The molecule has 124 valence electrons. The van der Waals surface area contributed by atoms with Crippen LogP contribution in [0.3, 0.4) is 0 Å². The first-order valence-corrected chi connectivity index (χ1v) is 7.43. The van der Waals surface area contributed by atoms with E-state index in [4.69, 9.17) is 10.5 Å². The van der Waals surface area contributed by atoms with Crippen LogP contribution in [0.4, 0.5) is 0 Å². The van der Waals surface area contributed by atoms with Crippen molar-refractivity contribution in [1.82, 2.24) is 9.80 Å². The highest BCUT2D eigenvalue weighted by molar-refractivity contribution is 5.85. The van der Waals surface area contributed by atoms with Crippen LogP contribution in [-0.4, -0.2) is 68.1 Å². The van der Waals surface area contributed by atoms with Crippen molar-refractivity contribution >= 4 is 24.2 Å². The number of halogens is 1. The molecule has 0 aromatic carbocycles. The van der Waals surface area contributed by atoms with Gasteiger partial charge in [0.25, 0.3) is 0 Å². The summed E-state index contributed by atoms with van der Waals surface area (Å²) in [5, 5.41) is 0. The Hall–Kier alpha value is -0.850. The van der Waals surface area contributed by atoms with E-state index in [1.165, 1.54) is 7.11 Å². The van der Waals surface area contributed by atoms with E-state index < -0.39 is 0 Å². The van der Waals surface area contributed by atoms with Crippen LogP contribution in [0.15, 0.2) is 0 Å². The third-order valence-corrected chi connectivity index (χ3v) is 3.60. The molecule has 6 nitrogen and oxygen atoms in total. The summed E-state index contributed by atoms with van der Waals surface area (Å²) in [5.41, 5.74) is 5.43. The zero-order valence-electron chi connectivity index (χ0n) is 12.9. The van der Waals surface area contributed by atoms with Gasteiger partial charge in [-0.2, -0.15) is 0 Å². The van der Waals surface area contributed by atoms with Crippen molar-refractivity contribution in [2.75, 3.05) is 46.4 Å². The SMILES string of the molecule is COCC(=O)N1CCN(C(=O)CCCCCCN)CC1.Cl. The van der Waals surface area contributed by atoms with Gasteiger partial charge in [-0.3, -0.25) is 9.59 Å². The average Bonchev–Trinajstić information content (AvgIpc) is 2.47. The Labute approximate surface area is 133 Å². The van der Waals surface area contributed by atoms with Crippen molar-refractivity contribution in [3.05, 3.63) is 0 Å². The van der Waals surface area contributed by atoms with Crippen LogP contribution in [0.5, 0.6) is 0 Å². The highest BCUT2D eigenvalue weighted by Gasteiger charge is 2.23. The van der Waals surface area contributed by atoms with Crippen LogP contribution in [0.1, 0.15) is 32.1 Å². The Morgan fingerprint density at radius 3 is 2.00 bits per heavy atom. The topological polar surface area (TPSA) is 75.9 Å². The highest BCUT2D eigenvalue weighted by atomic mass is 35.5. The lowest BCUT2D eigenvalue weighted by molar-refractivity contribution is -0.141. The van der Waals surface area contributed by atoms with Crippen molar-refractivity contribution in [3.8, 4) is 0 Å². The summed E-state index contributed by atoms with van der Waals surface area (Å²) in [6.07, 6.45) is 4.74.